The third-order valence-electron chi connectivity index (χ3n) is 3.37. The van der Waals surface area contributed by atoms with E-state index in [0.717, 1.165) is 15.8 Å². The molecule has 0 unspecified atom stereocenters. The quantitative estimate of drug-likeness (QED) is 0.716. The first-order valence-electron chi connectivity index (χ1n) is 7.35. The standard InChI is InChI=1S/C17H18BrNO3S/c18-15-10-9-13(23-15)7-4-8-16(20)19-14(17(21)22)11-12-5-2-1-3-6-12/h1-3,5-6,9-10,14H,4,7-8,11H2,(H,19,20)(H,21,22)/t14-/m1/s1. The maximum atomic E-state index is 12.0. The number of carbonyl (C=O) groups is 2. The third-order valence-corrected chi connectivity index (χ3v) is 5.06. The molecule has 2 N–H and O–H groups in total. The highest BCUT2D eigenvalue weighted by Crippen LogP contribution is 2.23. The van der Waals surface area contributed by atoms with Gasteiger partial charge >= 0.3 is 5.97 Å². The van der Waals surface area contributed by atoms with Crippen molar-refractivity contribution in [3.05, 3.63) is 56.7 Å². The van der Waals surface area contributed by atoms with Gasteiger partial charge in [-0.2, -0.15) is 0 Å². The minimum atomic E-state index is -1.01. The minimum Gasteiger partial charge on any atom is -0.480 e. The molecule has 0 spiro atoms. The van der Waals surface area contributed by atoms with Crippen LogP contribution in [0.4, 0.5) is 0 Å². The minimum absolute atomic E-state index is 0.219. The van der Waals surface area contributed by atoms with Gasteiger partial charge in [0.05, 0.1) is 3.79 Å². The summed E-state index contributed by atoms with van der Waals surface area (Å²) >= 11 is 5.06. The van der Waals surface area contributed by atoms with Crippen molar-refractivity contribution in [3.63, 3.8) is 0 Å². The van der Waals surface area contributed by atoms with Crippen LogP contribution >= 0.6 is 27.3 Å². The molecule has 0 saturated heterocycles. The molecule has 23 heavy (non-hydrogen) atoms. The summed E-state index contributed by atoms with van der Waals surface area (Å²) in [6.07, 6.45) is 2.14. The molecule has 0 aliphatic carbocycles. The number of hydrogen-bond acceptors (Lipinski definition) is 3. The lowest BCUT2D eigenvalue weighted by Gasteiger charge is -2.14. The molecule has 0 aliphatic rings. The Bertz CT molecular complexity index is 657. The Morgan fingerprint density at radius 2 is 1.91 bits per heavy atom. The van der Waals surface area contributed by atoms with Crippen LogP contribution in [0.1, 0.15) is 23.3 Å². The molecule has 2 aromatic rings. The van der Waals surface area contributed by atoms with Crippen molar-refractivity contribution in [2.45, 2.75) is 31.7 Å². The van der Waals surface area contributed by atoms with E-state index >= 15 is 0 Å². The zero-order chi connectivity index (χ0) is 16.7. The second-order valence-corrected chi connectivity index (χ2v) is 7.75. The van der Waals surface area contributed by atoms with E-state index in [2.05, 4.69) is 21.2 Å². The lowest BCUT2D eigenvalue weighted by molar-refractivity contribution is -0.141. The number of benzene rings is 1. The maximum absolute atomic E-state index is 12.0. The summed E-state index contributed by atoms with van der Waals surface area (Å²) in [4.78, 5) is 24.5. The number of hydrogen-bond donors (Lipinski definition) is 2. The van der Waals surface area contributed by atoms with Gasteiger partial charge in [0.1, 0.15) is 6.04 Å². The van der Waals surface area contributed by atoms with E-state index < -0.39 is 12.0 Å². The molecule has 1 aromatic carbocycles. The number of aliphatic carboxylic acids is 1. The fourth-order valence-corrected chi connectivity index (χ4v) is 3.75. The van der Waals surface area contributed by atoms with Gasteiger partial charge < -0.3 is 10.4 Å². The van der Waals surface area contributed by atoms with Gasteiger partial charge in [0.25, 0.3) is 0 Å². The van der Waals surface area contributed by atoms with Gasteiger partial charge in [-0.15, -0.1) is 11.3 Å². The van der Waals surface area contributed by atoms with Crippen molar-refractivity contribution in [3.8, 4) is 0 Å². The van der Waals surface area contributed by atoms with Gasteiger partial charge in [0.2, 0.25) is 5.91 Å². The normalized spacial score (nSPS) is 11.9. The molecule has 122 valence electrons. The first-order valence-corrected chi connectivity index (χ1v) is 8.96. The van der Waals surface area contributed by atoms with Gasteiger partial charge in [-0.1, -0.05) is 30.3 Å². The molecule has 1 heterocycles. The second-order valence-electron chi connectivity index (χ2n) is 5.21. The first kappa shape index (κ1) is 17.7. The van der Waals surface area contributed by atoms with E-state index in [1.165, 1.54) is 4.88 Å². The van der Waals surface area contributed by atoms with Gasteiger partial charge in [-0.05, 0) is 46.5 Å². The number of carboxylic acids is 1. The van der Waals surface area contributed by atoms with Crippen molar-refractivity contribution in [2.75, 3.05) is 0 Å². The van der Waals surface area contributed by atoms with Crippen molar-refractivity contribution in [1.82, 2.24) is 5.32 Å². The first-order chi connectivity index (χ1) is 11.0. The lowest BCUT2D eigenvalue weighted by Crippen LogP contribution is -2.42. The zero-order valence-electron chi connectivity index (χ0n) is 12.5. The lowest BCUT2D eigenvalue weighted by atomic mass is 10.1. The van der Waals surface area contributed by atoms with Crippen molar-refractivity contribution in [1.29, 1.82) is 0 Å². The topological polar surface area (TPSA) is 66.4 Å². The third kappa shape index (κ3) is 6.15. The number of rotatable bonds is 8. The number of carbonyl (C=O) groups excluding carboxylic acids is 1. The molecule has 0 bridgehead atoms. The molecular weight excluding hydrogens is 378 g/mol. The van der Waals surface area contributed by atoms with Crippen LogP contribution in [0.5, 0.6) is 0 Å². The van der Waals surface area contributed by atoms with Crippen LogP contribution in [0.3, 0.4) is 0 Å². The number of nitrogens with one attached hydrogen (secondary N) is 1. The highest BCUT2D eigenvalue weighted by molar-refractivity contribution is 9.11. The van der Waals surface area contributed by atoms with Gasteiger partial charge in [0, 0.05) is 17.7 Å². The Balaban J connectivity index is 1.79. The summed E-state index contributed by atoms with van der Waals surface area (Å²) in [6, 6.07) is 12.4. The van der Waals surface area contributed by atoms with Crippen molar-refractivity contribution in [2.24, 2.45) is 0 Å². The number of aryl methyl sites for hydroxylation is 1. The number of thiophene rings is 1. The molecule has 6 heteroatoms. The summed E-state index contributed by atoms with van der Waals surface area (Å²) in [7, 11) is 0. The van der Waals surface area contributed by atoms with E-state index in [9.17, 15) is 14.7 Å². The van der Waals surface area contributed by atoms with Gasteiger partial charge in [-0.3, -0.25) is 4.79 Å². The van der Waals surface area contributed by atoms with Crippen molar-refractivity contribution >= 4 is 39.1 Å². The smallest absolute Gasteiger partial charge is 0.326 e. The van der Waals surface area contributed by atoms with E-state index in [0.29, 0.717) is 19.3 Å². The molecule has 1 atom stereocenters. The highest BCUT2D eigenvalue weighted by Gasteiger charge is 2.20. The van der Waals surface area contributed by atoms with E-state index in [-0.39, 0.29) is 5.91 Å². The van der Waals surface area contributed by atoms with Crippen LogP contribution in [0.25, 0.3) is 0 Å². The molecule has 4 nitrogen and oxygen atoms in total. The van der Waals surface area contributed by atoms with Crippen LogP contribution in [-0.4, -0.2) is 23.0 Å². The molecule has 0 aliphatic heterocycles. The molecule has 1 amide bonds. The largest absolute Gasteiger partial charge is 0.480 e. The molecule has 0 saturated carbocycles. The average Bonchev–Trinajstić information content (AvgIpc) is 2.93. The van der Waals surface area contributed by atoms with Crippen LogP contribution < -0.4 is 5.32 Å². The molecule has 0 radical (unpaired) electrons. The molecule has 0 fully saturated rings. The summed E-state index contributed by atoms with van der Waals surface area (Å²) in [6.45, 7) is 0. The Labute approximate surface area is 147 Å². The Hall–Kier alpha value is -1.66. The molecular formula is C17H18BrNO3S. The van der Waals surface area contributed by atoms with E-state index in [4.69, 9.17) is 0 Å². The maximum Gasteiger partial charge on any atom is 0.326 e. The second kappa shape index (κ2) is 8.84. The highest BCUT2D eigenvalue weighted by atomic mass is 79.9. The predicted molar refractivity (Wildman–Crippen MR) is 94.7 cm³/mol. The number of carboxylic acid groups (broad SMARTS) is 1. The summed E-state index contributed by atoms with van der Waals surface area (Å²) in [5, 5.41) is 11.9. The Kier molecular flexibility index (Phi) is 6.80. The fourth-order valence-electron chi connectivity index (χ4n) is 2.23. The SMILES string of the molecule is O=C(CCCc1ccc(Br)s1)N[C@H](Cc1ccccc1)C(=O)O. The molecule has 2 rings (SSSR count). The Morgan fingerprint density at radius 1 is 1.17 bits per heavy atom. The van der Waals surface area contributed by atoms with Crippen LogP contribution in [0.2, 0.25) is 0 Å². The molecule has 1 aromatic heterocycles. The Morgan fingerprint density at radius 3 is 2.52 bits per heavy atom. The van der Waals surface area contributed by atoms with E-state index in [1.54, 1.807) is 11.3 Å². The van der Waals surface area contributed by atoms with Crippen LogP contribution in [-0.2, 0) is 22.4 Å². The van der Waals surface area contributed by atoms with Crippen LogP contribution in [0, 0.1) is 0 Å². The fraction of sp³-hybridized carbons (Fsp3) is 0.294. The average molecular weight is 396 g/mol. The van der Waals surface area contributed by atoms with E-state index in [1.807, 2.05) is 42.5 Å². The van der Waals surface area contributed by atoms with Crippen molar-refractivity contribution < 1.29 is 14.7 Å². The van der Waals surface area contributed by atoms with Gasteiger partial charge in [0.15, 0.2) is 0 Å². The summed E-state index contributed by atoms with van der Waals surface area (Å²) in [5.74, 6) is -1.23. The number of amides is 1. The van der Waals surface area contributed by atoms with Gasteiger partial charge in [-0.25, -0.2) is 4.79 Å². The predicted octanol–water partition coefficient (Wildman–Crippen LogP) is 3.65. The number of halogens is 1. The zero-order valence-corrected chi connectivity index (χ0v) is 14.9. The monoisotopic (exact) mass is 395 g/mol. The summed E-state index contributed by atoms with van der Waals surface area (Å²) in [5.41, 5.74) is 0.892. The summed E-state index contributed by atoms with van der Waals surface area (Å²) < 4.78 is 1.07. The van der Waals surface area contributed by atoms with Crippen LogP contribution in [0.15, 0.2) is 46.3 Å².